The van der Waals surface area contributed by atoms with E-state index < -0.39 is 8.07 Å². The molecule has 0 atom stereocenters. The summed E-state index contributed by atoms with van der Waals surface area (Å²) in [6.45, 7) is 0. The fourth-order valence-electron chi connectivity index (χ4n) is 10.5. The lowest BCUT2D eigenvalue weighted by Crippen LogP contribution is -2.74. The molecule has 0 saturated heterocycles. The third-order valence-electron chi connectivity index (χ3n) is 13.7. The smallest absolute Gasteiger partial charge is 0.179 e. The van der Waals surface area contributed by atoms with Crippen molar-refractivity contribution in [3.8, 4) is 51.0 Å². The van der Waals surface area contributed by atoms with Gasteiger partial charge in [0.15, 0.2) is 25.5 Å². The van der Waals surface area contributed by atoms with Gasteiger partial charge in [0, 0.05) is 53.3 Å². The summed E-state index contributed by atoms with van der Waals surface area (Å²) in [5.41, 5.74) is 8.56. The first-order valence-corrected chi connectivity index (χ1v) is 26.2. The Hall–Kier alpha value is -8.55. The van der Waals surface area contributed by atoms with Gasteiger partial charge in [0.25, 0.3) is 0 Å². The van der Waals surface area contributed by atoms with E-state index in [0.29, 0.717) is 17.5 Å². The number of rotatable bonds is 9. The lowest BCUT2D eigenvalue weighted by molar-refractivity contribution is 1.07. The highest BCUT2D eigenvalue weighted by Gasteiger charge is 2.41. The van der Waals surface area contributed by atoms with Crippen molar-refractivity contribution in [2.24, 2.45) is 0 Å². The van der Waals surface area contributed by atoms with Crippen LogP contribution in [0.5, 0.6) is 0 Å². The van der Waals surface area contributed by atoms with E-state index in [2.05, 4.69) is 259 Å². The van der Waals surface area contributed by atoms with Crippen molar-refractivity contribution in [2.45, 2.75) is 0 Å². The van der Waals surface area contributed by atoms with E-state index in [4.69, 9.17) is 15.0 Å². The molecule has 13 rings (SSSR count). The molecule has 69 heavy (non-hydrogen) atoms. The number of hydrogen-bond donors (Lipinski definition) is 0. The van der Waals surface area contributed by atoms with Crippen molar-refractivity contribution in [3.63, 3.8) is 0 Å². The predicted molar refractivity (Wildman–Crippen MR) is 292 cm³/mol. The van der Waals surface area contributed by atoms with Crippen LogP contribution >= 0.6 is 11.3 Å². The van der Waals surface area contributed by atoms with Crippen molar-refractivity contribution in [2.75, 3.05) is 0 Å². The molecule has 6 heteroatoms. The minimum atomic E-state index is -2.73. The average Bonchev–Trinajstić information content (AvgIpc) is 3.98. The van der Waals surface area contributed by atoms with Gasteiger partial charge in [0.05, 0.1) is 11.0 Å². The number of para-hydroxylation sites is 2. The first-order chi connectivity index (χ1) is 34.2. The second kappa shape index (κ2) is 17.0. The van der Waals surface area contributed by atoms with Gasteiger partial charge in [-0.2, -0.15) is 0 Å². The minimum absolute atomic E-state index is 0.619. The number of hydrogen-bond acceptors (Lipinski definition) is 4. The van der Waals surface area contributed by atoms with Crippen LogP contribution in [0.2, 0.25) is 0 Å². The first kappa shape index (κ1) is 40.7. The van der Waals surface area contributed by atoms with Gasteiger partial charge >= 0.3 is 0 Å². The quantitative estimate of drug-likeness (QED) is 0.107. The van der Waals surface area contributed by atoms with Crippen LogP contribution in [0.3, 0.4) is 0 Å². The highest BCUT2D eigenvalue weighted by molar-refractivity contribution is 7.26. The van der Waals surface area contributed by atoms with Gasteiger partial charge in [-0.15, -0.1) is 11.3 Å². The molecule has 0 radical (unpaired) electrons. The molecule has 0 bridgehead atoms. The molecular weight excluding hydrogens is 873 g/mol. The van der Waals surface area contributed by atoms with Gasteiger partial charge in [0.2, 0.25) is 0 Å². The van der Waals surface area contributed by atoms with Crippen LogP contribution in [0.1, 0.15) is 0 Å². The van der Waals surface area contributed by atoms with Gasteiger partial charge in [-0.25, -0.2) is 15.0 Å². The Morgan fingerprint density at radius 3 is 1.22 bits per heavy atom. The van der Waals surface area contributed by atoms with E-state index in [1.807, 2.05) is 11.3 Å². The molecule has 0 spiro atoms. The van der Waals surface area contributed by atoms with Crippen LogP contribution < -0.4 is 20.7 Å². The molecule has 10 aromatic carbocycles. The van der Waals surface area contributed by atoms with Crippen LogP contribution in [0.4, 0.5) is 0 Å². The van der Waals surface area contributed by atoms with Crippen LogP contribution in [0.25, 0.3) is 93.0 Å². The fraction of sp³-hybridized carbons (Fsp3) is 0. The van der Waals surface area contributed by atoms with E-state index in [1.54, 1.807) is 0 Å². The lowest BCUT2D eigenvalue weighted by atomic mass is 9.98. The van der Waals surface area contributed by atoms with Gasteiger partial charge in [-0.3, -0.25) is 0 Å². The summed E-state index contributed by atoms with van der Waals surface area (Å²) in [7, 11) is -2.73. The van der Waals surface area contributed by atoms with E-state index in [0.717, 1.165) is 27.9 Å². The maximum absolute atomic E-state index is 5.26. The maximum Gasteiger partial charge on any atom is 0.179 e. The van der Waals surface area contributed by atoms with Crippen LogP contribution in [0, 0.1) is 0 Å². The normalized spacial score (nSPS) is 11.8. The SMILES string of the molecule is c1ccc([Si](c2ccccc2)(c2ccccc2)c2ccc(-c3nc(-c4ccc(-c5cccc6sc7ccccc7c56)cc4)nc(-c4ccc(-n5c6ccccc6c6ccccc65)cc4)n3)cc2)cc1. The summed E-state index contributed by atoms with van der Waals surface area (Å²) in [5.74, 6) is 1.86. The minimum Gasteiger partial charge on any atom is -0.309 e. The highest BCUT2D eigenvalue weighted by atomic mass is 32.1. The summed E-state index contributed by atoms with van der Waals surface area (Å²) < 4.78 is 4.92. The van der Waals surface area contributed by atoms with Crippen molar-refractivity contribution < 1.29 is 0 Å². The summed E-state index contributed by atoms with van der Waals surface area (Å²) in [6, 6.07) is 92.0. The molecule has 0 aliphatic heterocycles. The van der Waals surface area contributed by atoms with Gasteiger partial charge < -0.3 is 4.57 Å². The van der Waals surface area contributed by atoms with Crippen molar-refractivity contribution >= 4 is 82.1 Å². The van der Waals surface area contributed by atoms with Crippen molar-refractivity contribution in [3.05, 3.63) is 255 Å². The Kier molecular flexibility index (Phi) is 10.00. The van der Waals surface area contributed by atoms with Gasteiger partial charge in [0.1, 0.15) is 0 Å². The number of aromatic nitrogens is 4. The molecule has 3 heterocycles. The third kappa shape index (κ3) is 6.91. The van der Waals surface area contributed by atoms with Gasteiger partial charge in [-0.05, 0) is 80.4 Å². The summed E-state index contributed by atoms with van der Waals surface area (Å²) in [5, 5.41) is 10.3. The molecule has 0 N–H and O–H groups in total. The van der Waals surface area contributed by atoms with Crippen molar-refractivity contribution in [1.29, 1.82) is 0 Å². The second-order valence-corrected chi connectivity index (χ2v) is 22.4. The average molecular weight is 915 g/mol. The lowest BCUT2D eigenvalue weighted by Gasteiger charge is -2.34. The number of nitrogens with zero attached hydrogens (tertiary/aromatic N) is 4. The Balaban J connectivity index is 0.944. The van der Waals surface area contributed by atoms with Crippen LogP contribution in [-0.2, 0) is 0 Å². The number of thiophene rings is 1. The maximum atomic E-state index is 5.26. The number of fused-ring (bicyclic) bond motifs is 6. The zero-order valence-electron chi connectivity index (χ0n) is 37.4. The third-order valence-corrected chi connectivity index (χ3v) is 19.6. The summed E-state index contributed by atoms with van der Waals surface area (Å²) in [4.78, 5) is 15.8. The second-order valence-electron chi connectivity index (χ2n) is 17.5. The highest BCUT2D eigenvalue weighted by Crippen LogP contribution is 2.40. The fourth-order valence-corrected chi connectivity index (χ4v) is 16.3. The van der Waals surface area contributed by atoms with E-state index in [-0.39, 0.29) is 0 Å². The Morgan fingerprint density at radius 2 is 0.696 bits per heavy atom. The molecule has 3 aromatic heterocycles. The van der Waals surface area contributed by atoms with Crippen LogP contribution in [0.15, 0.2) is 255 Å². The Morgan fingerprint density at radius 1 is 0.304 bits per heavy atom. The molecule has 324 valence electrons. The summed E-state index contributed by atoms with van der Waals surface area (Å²) in [6.07, 6.45) is 0. The van der Waals surface area contributed by atoms with E-state index in [1.165, 1.54) is 68.3 Å². The Labute approximate surface area is 405 Å². The molecule has 0 unspecified atom stereocenters. The molecule has 0 fully saturated rings. The molecule has 0 saturated carbocycles. The standard InChI is InChI=1S/C63H42N4SSi/c1-4-17-48(18-5-1)69(49-19-6-2-7-20-49,50-21-8-3-9-22-50)51-41-37-46(38-42-51)63-65-61(44-33-31-43(32-34-44)52-26-16-30-59-60(52)55-25-12-15-29-58(55)68-59)64-62(66-63)45-35-39-47(40-36-45)67-56-27-13-10-23-53(56)54-24-11-14-28-57(54)67/h1-42H. The molecule has 13 aromatic rings. The molecule has 0 aliphatic carbocycles. The topological polar surface area (TPSA) is 43.6 Å². The monoisotopic (exact) mass is 914 g/mol. The van der Waals surface area contributed by atoms with Crippen molar-refractivity contribution in [1.82, 2.24) is 19.5 Å². The largest absolute Gasteiger partial charge is 0.309 e. The molecule has 4 nitrogen and oxygen atoms in total. The van der Waals surface area contributed by atoms with E-state index >= 15 is 0 Å². The zero-order valence-corrected chi connectivity index (χ0v) is 39.3. The van der Waals surface area contributed by atoms with E-state index in [9.17, 15) is 0 Å². The molecule has 0 amide bonds. The van der Waals surface area contributed by atoms with Crippen LogP contribution in [-0.4, -0.2) is 27.6 Å². The Bertz CT molecular complexity index is 3830. The summed E-state index contributed by atoms with van der Waals surface area (Å²) >= 11 is 1.84. The van der Waals surface area contributed by atoms with Gasteiger partial charge in [-0.1, -0.05) is 206 Å². The zero-order chi connectivity index (χ0) is 45.7. The molecular formula is C63H42N4SSi. The predicted octanol–water partition coefficient (Wildman–Crippen LogP) is 13.4. The number of benzene rings is 10. The molecule has 0 aliphatic rings. The first-order valence-electron chi connectivity index (χ1n) is 23.3.